The Bertz CT molecular complexity index is 592. The predicted molar refractivity (Wildman–Crippen MR) is 85.8 cm³/mol. The summed E-state index contributed by atoms with van der Waals surface area (Å²) in [5.41, 5.74) is 0.271. The van der Waals surface area contributed by atoms with Crippen LogP contribution in [0, 0.1) is 0 Å². The lowest BCUT2D eigenvalue weighted by Gasteiger charge is -2.23. The summed E-state index contributed by atoms with van der Waals surface area (Å²) in [4.78, 5) is 27.7. The van der Waals surface area contributed by atoms with Crippen LogP contribution in [0.2, 0.25) is 10.0 Å². The van der Waals surface area contributed by atoms with Crippen molar-refractivity contribution in [1.82, 2.24) is 9.80 Å². The number of benzene rings is 1. The number of ether oxygens (including phenoxy) is 1. The van der Waals surface area contributed by atoms with Gasteiger partial charge in [0.25, 0.3) is 5.91 Å². The van der Waals surface area contributed by atoms with E-state index in [4.69, 9.17) is 27.9 Å². The Labute approximate surface area is 139 Å². The van der Waals surface area contributed by atoms with Gasteiger partial charge in [0.05, 0.1) is 17.2 Å². The van der Waals surface area contributed by atoms with E-state index in [1.807, 2.05) is 0 Å². The number of methoxy groups -OCH3 is 1. The van der Waals surface area contributed by atoms with Crippen LogP contribution in [0.1, 0.15) is 23.7 Å². The zero-order valence-corrected chi connectivity index (χ0v) is 14.1. The minimum absolute atomic E-state index is 0.0210. The highest BCUT2D eigenvalue weighted by Crippen LogP contribution is 2.34. The van der Waals surface area contributed by atoms with E-state index < -0.39 is 0 Å². The van der Waals surface area contributed by atoms with Crippen molar-refractivity contribution in [2.45, 2.75) is 13.3 Å². The number of hydrogen-bond acceptors (Lipinski definition) is 3. The van der Waals surface area contributed by atoms with Gasteiger partial charge in [-0.1, -0.05) is 23.2 Å². The molecular weight excluding hydrogens is 327 g/mol. The van der Waals surface area contributed by atoms with Crippen LogP contribution in [-0.4, -0.2) is 54.9 Å². The monoisotopic (exact) mass is 344 g/mol. The molecule has 0 spiro atoms. The van der Waals surface area contributed by atoms with Gasteiger partial charge in [0, 0.05) is 33.1 Å². The summed E-state index contributed by atoms with van der Waals surface area (Å²) >= 11 is 12.2. The molecule has 1 aliphatic rings. The fraction of sp³-hybridized carbons (Fsp3) is 0.467. The quantitative estimate of drug-likeness (QED) is 0.828. The number of carbonyl (C=O) groups is 2. The fourth-order valence-electron chi connectivity index (χ4n) is 2.53. The highest BCUT2D eigenvalue weighted by molar-refractivity contribution is 6.37. The second-order valence-corrected chi connectivity index (χ2v) is 5.90. The Kier molecular flexibility index (Phi) is 5.53. The van der Waals surface area contributed by atoms with Gasteiger partial charge in [-0.25, -0.2) is 0 Å². The molecule has 0 unspecified atom stereocenters. The van der Waals surface area contributed by atoms with Crippen LogP contribution >= 0.6 is 23.2 Å². The molecule has 0 saturated carbocycles. The minimum atomic E-state index is -0.227. The van der Waals surface area contributed by atoms with Crippen molar-refractivity contribution in [2.75, 3.05) is 33.3 Å². The highest BCUT2D eigenvalue weighted by atomic mass is 35.5. The molecule has 5 nitrogen and oxygen atoms in total. The van der Waals surface area contributed by atoms with E-state index in [-0.39, 0.29) is 23.1 Å². The van der Waals surface area contributed by atoms with Crippen LogP contribution in [0.25, 0.3) is 0 Å². The smallest absolute Gasteiger partial charge is 0.259 e. The van der Waals surface area contributed by atoms with Gasteiger partial charge < -0.3 is 14.5 Å². The highest BCUT2D eigenvalue weighted by Gasteiger charge is 2.26. The molecule has 1 fully saturated rings. The zero-order chi connectivity index (χ0) is 16.3. The van der Waals surface area contributed by atoms with Gasteiger partial charge in [0.1, 0.15) is 5.56 Å². The number of carbonyl (C=O) groups excluding carboxylic acids is 2. The first-order valence-corrected chi connectivity index (χ1v) is 7.78. The molecule has 1 heterocycles. The number of nitrogens with zero attached hydrogens (tertiary/aromatic N) is 2. The van der Waals surface area contributed by atoms with Gasteiger partial charge in [-0.3, -0.25) is 9.59 Å². The van der Waals surface area contributed by atoms with Crippen molar-refractivity contribution in [1.29, 1.82) is 0 Å². The van der Waals surface area contributed by atoms with Gasteiger partial charge in [0.15, 0.2) is 5.75 Å². The van der Waals surface area contributed by atoms with Crippen LogP contribution in [-0.2, 0) is 4.79 Å². The van der Waals surface area contributed by atoms with Gasteiger partial charge >= 0.3 is 0 Å². The molecule has 1 saturated heterocycles. The standard InChI is InChI=1S/C15H18Cl2N2O3/c1-10(20)18-6-3-7-19(9-8-18)15(21)13-11(16)4-5-12(17)14(13)22-2/h4-5H,3,6-9H2,1-2H3. The van der Waals surface area contributed by atoms with Crippen molar-refractivity contribution < 1.29 is 14.3 Å². The first-order valence-electron chi connectivity index (χ1n) is 7.02. The van der Waals surface area contributed by atoms with Crippen LogP contribution < -0.4 is 4.74 Å². The van der Waals surface area contributed by atoms with E-state index in [2.05, 4.69) is 0 Å². The Balaban J connectivity index is 2.25. The van der Waals surface area contributed by atoms with Crippen molar-refractivity contribution in [3.8, 4) is 5.75 Å². The number of halogens is 2. The Morgan fingerprint density at radius 3 is 2.27 bits per heavy atom. The van der Waals surface area contributed by atoms with Crippen LogP contribution in [0.3, 0.4) is 0 Å². The summed E-state index contributed by atoms with van der Waals surface area (Å²) in [6.07, 6.45) is 0.728. The SMILES string of the molecule is COc1c(Cl)ccc(Cl)c1C(=O)N1CCCN(C(C)=O)CC1. The minimum Gasteiger partial charge on any atom is -0.494 e. The number of amides is 2. The van der Waals surface area contributed by atoms with E-state index >= 15 is 0 Å². The second-order valence-electron chi connectivity index (χ2n) is 5.09. The lowest BCUT2D eigenvalue weighted by atomic mass is 10.1. The summed E-state index contributed by atoms with van der Waals surface area (Å²) in [5.74, 6) is 0.0780. The maximum atomic E-state index is 12.8. The molecule has 1 aromatic rings. The largest absolute Gasteiger partial charge is 0.494 e. The number of rotatable bonds is 2. The van der Waals surface area contributed by atoms with Gasteiger partial charge in [-0.2, -0.15) is 0 Å². The molecule has 2 rings (SSSR count). The topological polar surface area (TPSA) is 49.9 Å². The van der Waals surface area contributed by atoms with Gasteiger partial charge in [-0.05, 0) is 18.6 Å². The Morgan fingerprint density at radius 1 is 1.05 bits per heavy atom. The predicted octanol–water partition coefficient (Wildman–Crippen LogP) is 2.70. The Hall–Kier alpha value is -1.46. The number of hydrogen-bond donors (Lipinski definition) is 0. The van der Waals surface area contributed by atoms with Crippen molar-refractivity contribution in [3.05, 3.63) is 27.7 Å². The normalized spacial score (nSPS) is 15.5. The summed E-state index contributed by atoms with van der Waals surface area (Å²) < 4.78 is 5.23. The molecule has 0 N–H and O–H groups in total. The lowest BCUT2D eigenvalue weighted by Crippen LogP contribution is -2.36. The van der Waals surface area contributed by atoms with Gasteiger partial charge in [0.2, 0.25) is 5.91 Å². The third kappa shape index (κ3) is 3.47. The van der Waals surface area contributed by atoms with Crippen LogP contribution in [0.15, 0.2) is 12.1 Å². The average Bonchev–Trinajstić information content (AvgIpc) is 2.74. The molecule has 7 heteroatoms. The lowest BCUT2D eigenvalue weighted by molar-refractivity contribution is -0.128. The summed E-state index contributed by atoms with van der Waals surface area (Å²) in [6.45, 7) is 3.73. The van der Waals surface area contributed by atoms with E-state index in [9.17, 15) is 9.59 Å². The molecule has 1 aromatic carbocycles. The summed E-state index contributed by atoms with van der Waals surface area (Å²) in [5, 5.41) is 0.648. The van der Waals surface area contributed by atoms with E-state index in [0.29, 0.717) is 36.2 Å². The van der Waals surface area contributed by atoms with Crippen molar-refractivity contribution >= 4 is 35.0 Å². The van der Waals surface area contributed by atoms with Crippen LogP contribution in [0.5, 0.6) is 5.75 Å². The molecule has 0 bridgehead atoms. The molecule has 120 valence electrons. The summed E-state index contributed by atoms with van der Waals surface area (Å²) in [6, 6.07) is 3.18. The molecule has 0 radical (unpaired) electrons. The first kappa shape index (κ1) is 16.9. The van der Waals surface area contributed by atoms with E-state index in [1.165, 1.54) is 14.0 Å². The maximum Gasteiger partial charge on any atom is 0.259 e. The van der Waals surface area contributed by atoms with Crippen molar-refractivity contribution in [3.63, 3.8) is 0 Å². The maximum absolute atomic E-state index is 12.8. The third-order valence-electron chi connectivity index (χ3n) is 3.71. The molecule has 1 aliphatic heterocycles. The van der Waals surface area contributed by atoms with Gasteiger partial charge in [-0.15, -0.1) is 0 Å². The average molecular weight is 345 g/mol. The molecule has 0 aromatic heterocycles. The molecular formula is C15H18Cl2N2O3. The van der Waals surface area contributed by atoms with E-state index in [0.717, 1.165) is 6.42 Å². The fourth-order valence-corrected chi connectivity index (χ4v) is 2.99. The molecule has 22 heavy (non-hydrogen) atoms. The Morgan fingerprint density at radius 2 is 1.64 bits per heavy atom. The zero-order valence-electron chi connectivity index (χ0n) is 12.6. The molecule has 0 atom stereocenters. The van der Waals surface area contributed by atoms with Crippen molar-refractivity contribution in [2.24, 2.45) is 0 Å². The van der Waals surface area contributed by atoms with E-state index in [1.54, 1.807) is 21.9 Å². The van der Waals surface area contributed by atoms with Crippen LogP contribution in [0.4, 0.5) is 0 Å². The summed E-state index contributed by atoms with van der Waals surface area (Å²) in [7, 11) is 1.45. The third-order valence-corrected chi connectivity index (χ3v) is 4.32. The molecule has 2 amide bonds. The first-order chi connectivity index (χ1) is 10.5. The second kappa shape index (κ2) is 7.20. The molecule has 0 aliphatic carbocycles.